The fourth-order valence-electron chi connectivity index (χ4n) is 13.8. The zero-order valence-corrected chi connectivity index (χ0v) is 68.9. The van der Waals surface area contributed by atoms with Gasteiger partial charge in [-0.25, -0.2) is 19.2 Å². The van der Waals surface area contributed by atoms with E-state index >= 15 is 0 Å². The molecule has 0 aromatic heterocycles. The molecular weight excluding hydrogens is 1680 g/mol. The van der Waals surface area contributed by atoms with E-state index in [1.54, 1.807) is 30.3 Å². The summed E-state index contributed by atoms with van der Waals surface area (Å²) in [5.41, 5.74) is -1.62. The third-order valence-electron chi connectivity index (χ3n) is 19.5. The molecule has 592 valence electrons. The molecule has 0 bridgehead atoms. The van der Waals surface area contributed by atoms with E-state index < -0.39 is 129 Å². The number of hydrogen-bond acceptors (Lipinski definition) is 19. The predicted molar refractivity (Wildman–Crippen MR) is 407 cm³/mol. The molecule has 32 heteroatoms. The first-order chi connectivity index (χ1) is 50.5. The maximum atomic E-state index is 14.2. The van der Waals surface area contributed by atoms with Gasteiger partial charge in [0.1, 0.15) is 47.5 Å². The van der Waals surface area contributed by atoms with Crippen molar-refractivity contribution in [2.45, 2.75) is 231 Å². The van der Waals surface area contributed by atoms with Gasteiger partial charge in [0, 0.05) is 46.7 Å². The van der Waals surface area contributed by atoms with E-state index in [0.717, 1.165) is 101 Å². The zero-order valence-electron chi connectivity index (χ0n) is 60.9. The van der Waals surface area contributed by atoms with Crippen LogP contribution < -0.4 is 26.0 Å². The summed E-state index contributed by atoms with van der Waals surface area (Å²) in [5, 5.41) is 11.0. The first-order valence-electron chi connectivity index (χ1n) is 35.8. The third-order valence-corrected chi connectivity index (χ3v) is 25.1. The number of ether oxygens (including phenoxy) is 5. The summed E-state index contributed by atoms with van der Waals surface area (Å²) in [7, 11) is 5.60. The molecule has 0 spiro atoms. The number of carbonyl (C=O) groups is 8. The van der Waals surface area contributed by atoms with Crippen LogP contribution in [-0.4, -0.2) is 172 Å². The second-order valence-electron chi connectivity index (χ2n) is 27.5. The number of unbranched alkanes of at least 4 members (excludes halogenated alkanes) is 3. The number of likely N-dealkylation sites (tertiary alicyclic amines) is 1. The van der Waals surface area contributed by atoms with E-state index in [0.29, 0.717) is 34.6 Å². The summed E-state index contributed by atoms with van der Waals surface area (Å²) in [4.78, 5) is 110. The molecule has 3 heterocycles. The molecule has 4 saturated carbocycles. The monoisotopic (exact) mass is 1780 g/mol. The van der Waals surface area contributed by atoms with Gasteiger partial charge in [0.05, 0.1) is 36.2 Å². The van der Waals surface area contributed by atoms with Gasteiger partial charge in [0.15, 0.2) is 0 Å². The first kappa shape index (κ1) is 88.1. The van der Waals surface area contributed by atoms with E-state index in [4.69, 9.17) is 51.4 Å². The Morgan fingerprint density at radius 1 is 0.720 bits per heavy atom. The van der Waals surface area contributed by atoms with Crippen LogP contribution in [0.25, 0.3) is 0 Å². The van der Waals surface area contributed by atoms with Gasteiger partial charge in [-0.05, 0) is 151 Å². The van der Waals surface area contributed by atoms with E-state index in [1.807, 2.05) is 61.0 Å². The number of alkyl carbamates (subject to hydrolysis) is 2. The van der Waals surface area contributed by atoms with Gasteiger partial charge in [0.25, 0.3) is 20.2 Å². The number of para-hydroxylation sites is 1. The van der Waals surface area contributed by atoms with Crippen LogP contribution in [0.1, 0.15) is 161 Å². The van der Waals surface area contributed by atoms with Crippen LogP contribution in [0.15, 0.2) is 129 Å². The minimum absolute atomic E-state index is 0. The normalized spacial score (nSPS) is 25.0. The molecule has 10 rings (SSSR count). The number of fused-ring (bicyclic) bond motifs is 2. The van der Waals surface area contributed by atoms with Gasteiger partial charge in [-0.2, -0.15) is 16.8 Å². The van der Waals surface area contributed by atoms with Crippen molar-refractivity contribution in [1.82, 2.24) is 31.1 Å². The number of benzene rings is 3. The van der Waals surface area contributed by atoms with Crippen molar-refractivity contribution >= 4 is 124 Å². The van der Waals surface area contributed by atoms with E-state index in [-0.39, 0.29) is 86.1 Å². The Hall–Kier alpha value is -6.11. The van der Waals surface area contributed by atoms with Crippen molar-refractivity contribution in [3.8, 4) is 5.75 Å². The number of halogens is 4. The molecule has 10 atom stereocenters. The second kappa shape index (κ2) is 41.3. The summed E-state index contributed by atoms with van der Waals surface area (Å²) in [6.45, 7) is 11.0. The fraction of sp³-hybridized carbons (Fsp3) is 0.547. The number of carbonyl (C=O) groups excluding carboxylic acids is 8. The van der Waals surface area contributed by atoms with E-state index in [1.165, 1.54) is 48.3 Å². The Kier molecular flexibility index (Phi) is 34.0. The SMILES string of the molecule is C=CCCCCC[C@H](NC(=O)OC1CCCC1)C(=O)N1C[C@@H](OS(=O)(=O)c2ccc(Br)cc2)C[C@H]1C(=O)N[C@]1(C(=O)OC)C[C@H]1C=C.CC(C)Oc1ccccc1[CH]=[Ru]([Cl])[Cl].COC(=O)[C@@]12C[C@H]1/C=C\CCCCC[C@H](NC(=O)OC1CCCC1)C(=O)N1C[C@@H](OS(=O)(=O)c3ccc(Br)cc3)C[C@H]1C(=O)N2.[CH3-]. The first-order valence-corrected chi connectivity index (χ1v) is 45.7. The number of rotatable bonds is 25. The molecular formula is C75H99Br2Cl2N6O19RuS2-. The van der Waals surface area contributed by atoms with Crippen LogP contribution in [0.4, 0.5) is 9.59 Å². The number of esters is 2. The fourth-order valence-corrected chi connectivity index (χ4v) is 18.3. The largest absolute Gasteiger partial charge is 0.467 e. The summed E-state index contributed by atoms with van der Waals surface area (Å²) < 4.78 is 93.8. The molecule has 4 aliphatic carbocycles. The van der Waals surface area contributed by atoms with Crippen molar-refractivity contribution in [2.75, 3.05) is 27.3 Å². The van der Waals surface area contributed by atoms with Crippen molar-refractivity contribution in [3.63, 3.8) is 0 Å². The smallest absolute Gasteiger partial charge is 0.408 e. The number of nitrogens with one attached hydrogen (secondary N) is 4. The molecule has 3 aromatic rings. The second-order valence-corrected chi connectivity index (χ2v) is 38.2. The topological polar surface area (TPSA) is 324 Å². The van der Waals surface area contributed by atoms with E-state index in [9.17, 15) is 55.2 Å². The van der Waals surface area contributed by atoms with Gasteiger partial charge in [-0.15, -0.1) is 13.2 Å². The molecule has 6 amide bonds. The van der Waals surface area contributed by atoms with Crippen LogP contribution >= 0.6 is 51.2 Å². The molecule has 0 unspecified atom stereocenters. The molecule has 2 saturated heterocycles. The molecule has 25 nitrogen and oxygen atoms in total. The van der Waals surface area contributed by atoms with Crippen molar-refractivity contribution < 1.29 is 101 Å². The molecule has 7 aliphatic rings. The van der Waals surface area contributed by atoms with Crippen LogP contribution in [-0.2, 0) is 89.8 Å². The van der Waals surface area contributed by atoms with E-state index in [2.05, 4.69) is 66.3 Å². The van der Waals surface area contributed by atoms with Gasteiger partial charge in [-0.1, -0.05) is 81.8 Å². The maximum Gasteiger partial charge on any atom is 0.408 e. The van der Waals surface area contributed by atoms with Crippen LogP contribution in [0.2, 0.25) is 0 Å². The Balaban J connectivity index is 0.000000251. The van der Waals surface area contributed by atoms with Crippen molar-refractivity contribution in [3.05, 3.63) is 132 Å². The maximum absolute atomic E-state index is 14.2. The quantitative estimate of drug-likeness (QED) is 0.0116. The third kappa shape index (κ3) is 24.9. The van der Waals surface area contributed by atoms with Crippen molar-refractivity contribution in [2.24, 2.45) is 11.8 Å². The van der Waals surface area contributed by atoms with Gasteiger partial charge in [-0.3, -0.25) is 27.5 Å². The Morgan fingerprint density at radius 2 is 1.30 bits per heavy atom. The summed E-state index contributed by atoms with van der Waals surface area (Å²) in [6.07, 6.45) is 17.3. The van der Waals surface area contributed by atoms with Crippen LogP contribution in [0.5, 0.6) is 5.75 Å². The molecule has 0 radical (unpaired) electrons. The van der Waals surface area contributed by atoms with Crippen molar-refractivity contribution in [1.29, 1.82) is 0 Å². The number of allylic oxidation sites excluding steroid dienone is 2. The van der Waals surface area contributed by atoms with Gasteiger partial charge < -0.3 is 57.4 Å². The summed E-state index contributed by atoms with van der Waals surface area (Å²) >= 11 is 4.79. The number of hydrogen-bond donors (Lipinski definition) is 4. The predicted octanol–water partition coefficient (Wildman–Crippen LogP) is 12.3. The Bertz CT molecular complexity index is 3900. The summed E-state index contributed by atoms with van der Waals surface area (Å²) in [6, 6.07) is 15.2. The van der Waals surface area contributed by atoms with Crippen LogP contribution in [0, 0.1) is 19.3 Å². The minimum atomic E-state index is -4.26. The number of nitrogens with zero attached hydrogens (tertiary/aromatic N) is 2. The number of amides is 6. The molecule has 4 N–H and O–H groups in total. The Labute approximate surface area is 658 Å². The molecule has 3 aliphatic heterocycles. The van der Waals surface area contributed by atoms with Crippen LogP contribution in [0.3, 0.4) is 0 Å². The standard InChI is InChI=1S/C33H44BrN3O9S.C31H40BrN3O9S.C10H12O.CH3.2ClH.Ru/c1-4-6-7-8-9-14-27(35-32(41)45-24-12-10-11-13-24)30(39)37-21-25(46-47(42,43)26-17-15-23(34)16-18-26)19-28(37)29(38)36-33(31(40)44-3)20-22(33)5-2;1-42-29(38)31-18-20(31)9-5-3-2-4-6-12-25(33-30(39)43-22-10-7-8-11-22)28(37)35-19-23(17-26(35)27(36)34-31)44-45(40,41)24-15-13-21(32)14-16-24;1-8(2)11-10-7-5-4-6-9(10)3;;;;/h4-5,15-18,22,24-25,27-28H,1-2,6-14,19-21H2,3H3,(H,35,41)(H,36,38);5,9,13-16,20,22-23,25-26H,2-4,6-8,10-12,17-19H2,1H3,(H,33,39)(H,34,36);3-8H,1-2H3;1H3;2*1H;/q;;;-1;;;+2/p-2/b;9-5-;;;;;/t22-,25+,27+,28+,33-;20-,23+,25+,26+,31-;;;;;/m11...../s1. The average molecular weight is 1780 g/mol. The van der Waals surface area contributed by atoms with Gasteiger partial charge in [0.2, 0.25) is 23.6 Å². The number of methoxy groups -OCH3 is 2. The molecule has 3 aromatic carbocycles. The minimum Gasteiger partial charge on any atom is -0.467 e. The Morgan fingerprint density at radius 3 is 1.86 bits per heavy atom. The summed E-state index contributed by atoms with van der Waals surface area (Å²) in [5.74, 6) is -3.44. The molecule has 107 heavy (non-hydrogen) atoms. The van der Waals surface area contributed by atoms with Gasteiger partial charge >= 0.3 is 122 Å². The zero-order chi connectivity index (χ0) is 76.9. The molecule has 6 fully saturated rings. The average Bonchev–Trinajstić information content (AvgIpc) is 1.59.